The largest absolute Gasteiger partial charge is 0.370 e. The maximum atomic E-state index is 4.65. The molecule has 0 aliphatic rings. The van der Waals surface area contributed by atoms with Crippen LogP contribution in [0.5, 0.6) is 0 Å². The van der Waals surface area contributed by atoms with Crippen molar-refractivity contribution in [2.24, 2.45) is 5.92 Å². The number of hydrogen-bond donors (Lipinski definition) is 2. The van der Waals surface area contributed by atoms with E-state index in [1.54, 1.807) is 0 Å². The third-order valence-electron chi connectivity index (χ3n) is 3.91. The van der Waals surface area contributed by atoms with Gasteiger partial charge in [-0.3, -0.25) is 0 Å². The van der Waals surface area contributed by atoms with Gasteiger partial charge in [0.15, 0.2) is 0 Å². The van der Waals surface area contributed by atoms with Crippen molar-refractivity contribution in [3.63, 3.8) is 0 Å². The minimum atomic E-state index is 0.414. The molecule has 0 amide bonds. The summed E-state index contributed by atoms with van der Waals surface area (Å²) in [6.45, 7) is 14.0. The first-order valence-electron chi connectivity index (χ1n) is 7.91. The smallest absolute Gasteiger partial charge is 0.134 e. The van der Waals surface area contributed by atoms with Crippen molar-refractivity contribution >= 4 is 11.6 Å². The minimum Gasteiger partial charge on any atom is -0.370 e. The van der Waals surface area contributed by atoms with Crippen LogP contribution >= 0.6 is 0 Å². The van der Waals surface area contributed by atoms with Crippen molar-refractivity contribution in [1.82, 2.24) is 9.97 Å². The average Bonchev–Trinajstić information content (AvgIpc) is 2.46. The summed E-state index contributed by atoms with van der Waals surface area (Å²) in [6.07, 6.45) is 3.12. The van der Waals surface area contributed by atoms with E-state index in [9.17, 15) is 0 Å². The summed E-state index contributed by atoms with van der Waals surface area (Å²) in [5.41, 5.74) is 1.12. The Morgan fingerprint density at radius 1 is 1.05 bits per heavy atom. The van der Waals surface area contributed by atoms with E-state index in [1.165, 1.54) is 6.42 Å². The van der Waals surface area contributed by atoms with Crippen molar-refractivity contribution in [3.8, 4) is 0 Å². The van der Waals surface area contributed by atoms with Crippen molar-refractivity contribution < 1.29 is 0 Å². The lowest BCUT2D eigenvalue weighted by atomic mass is 10.0. The molecular weight excluding hydrogens is 248 g/mol. The highest BCUT2D eigenvalue weighted by Crippen LogP contribution is 2.22. The molecule has 1 aromatic rings. The van der Waals surface area contributed by atoms with Crippen LogP contribution in [-0.4, -0.2) is 22.6 Å². The second-order valence-electron chi connectivity index (χ2n) is 5.56. The summed E-state index contributed by atoms with van der Waals surface area (Å²) in [7, 11) is 0. The van der Waals surface area contributed by atoms with E-state index < -0.39 is 0 Å². The molecule has 1 aromatic heterocycles. The summed E-state index contributed by atoms with van der Waals surface area (Å²) < 4.78 is 0. The molecule has 0 saturated heterocycles. The van der Waals surface area contributed by atoms with Gasteiger partial charge in [-0.1, -0.05) is 34.1 Å². The molecule has 0 aliphatic heterocycles. The number of nitrogens with zero attached hydrogens (tertiary/aromatic N) is 2. The molecule has 2 unspecified atom stereocenters. The van der Waals surface area contributed by atoms with Crippen LogP contribution in [0.2, 0.25) is 0 Å². The first-order chi connectivity index (χ1) is 9.53. The summed E-state index contributed by atoms with van der Waals surface area (Å²) >= 11 is 0. The topological polar surface area (TPSA) is 49.8 Å². The van der Waals surface area contributed by atoms with Gasteiger partial charge in [-0.2, -0.15) is 0 Å². The molecule has 4 nitrogen and oxygen atoms in total. The van der Waals surface area contributed by atoms with Crippen LogP contribution in [0, 0.1) is 12.8 Å². The zero-order chi connectivity index (χ0) is 15.1. The molecule has 1 rings (SSSR count). The molecular formula is C16H30N4. The van der Waals surface area contributed by atoms with Crippen molar-refractivity contribution in [1.29, 1.82) is 0 Å². The second kappa shape index (κ2) is 8.08. The molecule has 0 radical (unpaired) electrons. The van der Waals surface area contributed by atoms with Crippen LogP contribution in [-0.2, 0) is 6.42 Å². The van der Waals surface area contributed by atoms with Crippen molar-refractivity contribution in [2.45, 2.75) is 66.8 Å². The number of nitrogens with one attached hydrogen (secondary N) is 2. The van der Waals surface area contributed by atoms with Gasteiger partial charge >= 0.3 is 0 Å². The standard InChI is InChI=1S/C16H30N4/c1-7-10-17-15-12(5)16(20-14(9-3)19-15)18-13(6)11(4)8-2/h11,13H,7-10H2,1-6H3,(H2,17,18,19,20). The van der Waals surface area contributed by atoms with Crippen LogP contribution in [0.15, 0.2) is 0 Å². The Morgan fingerprint density at radius 2 is 1.70 bits per heavy atom. The summed E-state index contributed by atoms with van der Waals surface area (Å²) in [4.78, 5) is 9.25. The van der Waals surface area contributed by atoms with Gasteiger partial charge in [-0.15, -0.1) is 0 Å². The monoisotopic (exact) mass is 278 g/mol. The maximum Gasteiger partial charge on any atom is 0.134 e. The number of rotatable bonds is 8. The first kappa shape index (κ1) is 16.7. The molecule has 0 bridgehead atoms. The highest BCUT2D eigenvalue weighted by Gasteiger charge is 2.15. The van der Waals surface area contributed by atoms with E-state index in [0.29, 0.717) is 12.0 Å². The van der Waals surface area contributed by atoms with E-state index in [4.69, 9.17) is 0 Å². The van der Waals surface area contributed by atoms with Crippen LogP contribution in [0.4, 0.5) is 11.6 Å². The third kappa shape index (κ3) is 4.36. The second-order valence-corrected chi connectivity index (χ2v) is 5.56. The van der Waals surface area contributed by atoms with E-state index in [2.05, 4.69) is 62.1 Å². The molecule has 1 heterocycles. The lowest BCUT2D eigenvalue weighted by Crippen LogP contribution is -2.25. The zero-order valence-corrected chi connectivity index (χ0v) is 13.9. The van der Waals surface area contributed by atoms with Gasteiger partial charge in [-0.05, 0) is 26.2 Å². The molecule has 2 N–H and O–H groups in total. The SMILES string of the molecule is CCCNc1nc(CC)nc(NC(C)C(C)CC)c1C. The molecule has 0 saturated carbocycles. The normalized spacial score (nSPS) is 13.9. The van der Waals surface area contributed by atoms with Gasteiger partial charge in [0.1, 0.15) is 17.5 Å². The lowest BCUT2D eigenvalue weighted by Gasteiger charge is -2.22. The number of aromatic nitrogens is 2. The first-order valence-corrected chi connectivity index (χ1v) is 7.91. The average molecular weight is 278 g/mol. The maximum absolute atomic E-state index is 4.65. The van der Waals surface area contributed by atoms with Gasteiger partial charge in [-0.25, -0.2) is 9.97 Å². The fraction of sp³-hybridized carbons (Fsp3) is 0.750. The fourth-order valence-corrected chi connectivity index (χ4v) is 1.99. The minimum absolute atomic E-state index is 0.414. The molecule has 0 aliphatic carbocycles. The van der Waals surface area contributed by atoms with Crippen LogP contribution in [0.1, 0.15) is 58.8 Å². The Kier molecular flexibility index (Phi) is 6.76. The molecule has 0 aromatic carbocycles. The van der Waals surface area contributed by atoms with E-state index in [-0.39, 0.29) is 0 Å². The summed E-state index contributed by atoms with van der Waals surface area (Å²) in [6, 6.07) is 0.414. The predicted molar refractivity (Wildman–Crippen MR) is 87.5 cm³/mol. The van der Waals surface area contributed by atoms with Gasteiger partial charge in [0.25, 0.3) is 0 Å². The van der Waals surface area contributed by atoms with E-state index >= 15 is 0 Å². The molecule has 20 heavy (non-hydrogen) atoms. The van der Waals surface area contributed by atoms with Crippen molar-refractivity contribution in [3.05, 3.63) is 11.4 Å². The van der Waals surface area contributed by atoms with Crippen molar-refractivity contribution in [2.75, 3.05) is 17.2 Å². The zero-order valence-electron chi connectivity index (χ0n) is 13.9. The molecule has 2 atom stereocenters. The Bertz CT molecular complexity index is 417. The number of anilines is 2. The van der Waals surface area contributed by atoms with Crippen LogP contribution < -0.4 is 10.6 Å². The van der Waals surface area contributed by atoms with Gasteiger partial charge in [0.05, 0.1) is 0 Å². The van der Waals surface area contributed by atoms with E-state index in [0.717, 1.165) is 42.4 Å². The van der Waals surface area contributed by atoms with Gasteiger partial charge in [0.2, 0.25) is 0 Å². The molecule has 0 spiro atoms. The Balaban J connectivity index is 2.98. The van der Waals surface area contributed by atoms with E-state index in [1.807, 2.05) is 0 Å². The molecule has 0 fully saturated rings. The van der Waals surface area contributed by atoms with Gasteiger partial charge < -0.3 is 10.6 Å². The van der Waals surface area contributed by atoms with Gasteiger partial charge in [0, 0.05) is 24.6 Å². The predicted octanol–water partition coefficient (Wildman–Crippen LogP) is 4.02. The van der Waals surface area contributed by atoms with Crippen LogP contribution in [0.3, 0.4) is 0 Å². The molecule has 4 heteroatoms. The summed E-state index contributed by atoms with van der Waals surface area (Å²) in [5.74, 6) is 3.47. The fourth-order valence-electron chi connectivity index (χ4n) is 1.99. The molecule has 114 valence electrons. The number of aryl methyl sites for hydroxylation is 1. The Labute approximate surface area is 123 Å². The third-order valence-corrected chi connectivity index (χ3v) is 3.91. The highest BCUT2D eigenvalue weighted by atomic mass is 15.1. The summed E-state index contributed by atoms with van der Waals surface area (Å²) in [5, 5.41) is 6.96. The Hall–Kier alpha value is -1.32. The number of hydrogen-bond acceptors (Lipinski definition) is 4. The quantitative estimate of drug-likeness (QED) is 0.754. The Morgan fingerprint density at radius 3 is 2.25 bits per heavy atom. The highest BCUT2D eigenvalue weighted by molar-refractivity contribution is 5.57. The van der Waals surface area contributed by atoms with Crippen LogP contribution in [0.25, 0.3) is 0 Å². The lowest BCUT2D eigenvalue weighted by molar-refractivity contribution is 0.493.